The van der Waals surface area contributed by atoms with E-state index >= 15 is 0 Å². The van der Waals surface area contributed by atoms with Crippen LogP contribution in [0.15, 0.2) is 65.8 Å². The maximum absolute atomic E-state index is 13.2. The minimum Gasteiger partial charge on any atom is -0.345 e. The minimum atomic E-state index is -3.68. The number of carbonyl (C=O) groups is 1. The molecular weight excluding hydrogens is 468 g/mol. The summed E-state index contributed by atoms with van der Waals surface area (Å²) in [6.07, 6.45) is 3.09. The van der Waals surface area contributed by atoms with Crippen molar-refractivity contribution < 1.29 is 13.2 Å². The lowest BCUT2D eigenvalue weighted by molar-refractivity contribution is 0.0703. The standard InChI is InChI=1S/C22H19ClN4O3S2/c23-16-5-3-15(4-6-16)18-7-8-19(31-18)22(28)26-10-12-27(13-11-26)32(29,30)20-14-25-21-17(20)2-1-9-24-21/h1-9,14H,10-13H2,(H,24,25). The van der Waals surface area contributed by atoms with E-state index in [1.807, 2.05) is 36.4 Å². The predicted molar refractivity (Wildman–Crippen MR) is 126 cm³/mol. The molecule has 0 aliphatic carbocycles. The number of H-pyrrole nitrogens is 1. The zero-order chi connectivity index (χ0) is 22.3. The average Bonchev–Trinajstić information content (AvgIpc) is 3.47. The summed E-state index contributed by atoms with van der Waals surface area (Å²) >= 11 is 7.37. The minimum absolute atomic E-state index is 0.0800. The van der Waals surface area contributed by atoms with Crippen molar-refractivity contribution in [3.63, 3.8) is 0 Å². The van der Waals surface area contributed by atoms with E-state index in [-0.39, 0.29) is 23.9 Å². The zero-order valence-electron chi connectivity index (χ0n) is 16.9. The van der Waals surface area contributed by atoms with Crippen molar-refractivity contribution in [2.75, 3.05) is 26.2 Å². The molecule has 1 aliphatic heterocycles. The molecule has 5 rings (SSSR count). The first-order chi connectivity index (χ1) is 15.4. The second kappa shape index (κ2) is 8.32. The Hall–Kier alpha value is -2.72. The number of pyridine rings is 1. The van der Waals surface area contributed by atoms with E-state index in [0.717, 1.165) is 10.4 Å². The van der Waals surface area contributed by atoms with Crippen LogP contribution in [0, 0.1) is 0 Å². The second-order valence-corrected chi connectivity index (χ2v) is 10.8. The van der Waals surface area contributed by atoms with Crippen LogP contribution in [0.3, 0.4) is 0 Å². The van der Waals surface area contributed by atoms with E-state index in [0.29, 0.717) is 34.0 Å². The van der Waals surface area contributed by atoms with Crippen LogP contribution >= 0.6 is 22.9 Å². The lowest BCUT2D eigenvalue weighted by atomic mass is 10.2. The number of benzene rings is 1. The zero-order valence-corrected chi connectivity index (χ0v) is 19.3. The molecule has 1 aromatic carbocycles. The van der Waals surface area contributed by atoms with Gasteiger partial charge in [-0.25, -0.2) is 13.4 Å². The van der Waals surface area contributed by atoms with Crippen molar-refractivity contribution in [3.8, 4) is 10.4 Å². The van der Waals surface area contributed by atoms with E-state index in [1.165, 1.54) is 21.8 Å². The summed E-state index contributed by atoms with van der Waals surface area (Å²) in [7, 11) is -3.68. The number of aromatic amines is 1. The monoisotopic (exact) mass is 486 g/mol. The van der Waals surface area contributed by atoms with E-state index in [1.54, 1.807) is 23.2 Å². The number of nitrogens with zero attached hydrogens (tertiary/aromatic N) is 3. The first-order valence-corrected chi connectivity index (χ1v) is 12.6. The highest BCUT2D eigenvalue weighted by molar-refractivity contribution is 7.89. The van der Waals surface area contributed by atoms with Crippen LogP contribution in [0.25, 0.3) is 21.5 Å². The summed E-state index contributed by atoms with van der Waals surface area (Å²) < 4.78 is 27.8. The summed E-state index contributed by atoms with van der Waals surface area (Å²) in [6.45, 7) is 1.17. The third-order valence-electron chi connectivity index (χ3n) is 5.50. The molecule has 4 heterocycles. The molecule has 7 nitrogen and oxygen atoms in total. The SMILES string of the molecule is O=C(c1ccc(-c2ccc(Cl)cc2)s1)N1CCN(S(=O)(=O)c2c[nH]c3ncccc23)CC1. The molecule has 164 valence electrons. The van der Waals surface area contributed by atoms with Crippen molar-refractivity contribution in [2.24, 2.45) is 0 Å². The molecule has 0 saturated carbocycles. The fourth-order valence-corrected chi connectivity index (χ4v) is 6.47. The third-order valence-corrected chi connectivity index (χ3v) is 8.82. The molecule has 1 amide bonds. The van der Waals surface area contributed by atoms with Crippen molar-refractivity contribution in [2.45, 2.75) is 4.90 Å². The van der Waals surface area contributed by atoms with Crippen LogP contribution in [-0.4, -0.2) is 59.7 Å². The van der Waals surface area contributed by atoms with Gasteiger partial charge >= 0.3 is 0 Å². The van der Waals surface area contributed by atoms with Crippen molar-refractivity contribution >= 4 is 49.9 Å². The van der Waals surface area contributed by atoms with Gasteiger partial charge in [-0.05, 0) is 42.0 Å². The topological polar surface area (TPSA) is 86.4 Å². The number of nitrogens with one attached hydrogen (secondary N) is 1. The van der Waals surface area contributed by atoms with Gasteiger partial charge in [-0.3, -0.25) is 4.79 Å². The van der Waals surface area contributed by atoms with Crippen LogP contribution in [-0.2, 0) is 10.0 Å². The highest BCUT2D eigenvalue weighted by atomic mass is 35.5. The largest absolute Gasteiger partial charge is 0.345 e. The van der Waals surface area contributed by atoms with E-state index in [4.69, 9.17) is 11.6 Å². The summed E-state index contributed by atoms with van der Waals surface area (Å²) in [6, 6.07) is 14.7. The predicted octanol–water partition coefficient (Wildman–Crippen LogP) is 4.09. The smallest absolute Gasteiger partial charge is 0.264 e. The molecule has 0 bridgehead atoms. The first kappa shape index (κ1) is 21.1. The molecule has 32 heavy (non-hydrogen) atoms. The maximum atomic E-state index is 13.2. The Kier molecular flexibility index (Phi) is 5.50. The highest BCUT2D eigenvalue weighted by Crippen LogP contribution is 2.30. The number of hydrogen-bond acceptors (Lipinski definition) is 5. The first-order valence-electron chi connectivity index (χ1n) is 10.0. The van der Waals surface area contributed by atoms with Crippen LogP contribution in [0.1, 0.15) is 9.67 Å². The molecule has 10 heteroatoms. The maximum Gasteiger partial charge on any atom is 0.264 e. The molecule has 4 aromatic rings. The van der Waals surface area contributed by atoms with Gasteiger partial charge in [0.1, 0.15) is 10.5 Å². The van der Waals surface area contributed by atoms with Gasteiger partial charge in [-0.2, -0.15) is 4.31 Å². The second-order valence-electron chi connectivity index (χ2n) is 7.42. The van der Waals surface area contributed by atoms with E-state index in [9.17, 15) is 13.2 Å². The Morgan fingerprint density at radius 1 is 1.03 bits per heavy atom. The quantitative estimate of drug-likeness (QED) is 0.470. The van der Waals surface area contributed by atoms with Crippen molar-refractivity contribution in [3.05, 3.63) is 70.8 Å². The average molecular weight is 487 g/mol. The molecule has 0 radical (unpaired) electrons. The number of fused-ring (bicyclic) bond motifs is 1. The lowest BCUT2D eigenvalue weighted by Crippen LogP contribution is -2.50. The highest BCUT2D eigenvalue weighted by Gasteiger charge is 2.32. The van der Waals surface area contributed by atoms with Gasteiger partial charge in [0.2, 0.25) is 10.0 Å². The Labute approximate surface area is 194 Å². The van der Waals surface area contributed by atoms with E-state index in [2.05, 4.69) is 9.97 Å². The number of aromatic nitrogens is 2. The number of piperazine rings is 1. The molecule has 1 N–H and O–H groups in total. The molecule has 1 aliphatic rings. The summed E-state index contributed by atoms with van der Waals surface area (Å²) in [5.74, 6) is -0.0800. The number of thiophene rings is 1. The van der Waals surface area contributed by atoms with Crippen LogP contribution in [0.2, 0.25) is 5.02 Å². The fraction of sp³-hybridized carbons (Fsp3) is 0.182. The summed E-state index contributed by atoms with van der Waals surface area (Å²) in [5.41, 5.74) is 1.54. The van der Waals surface area contributed by atoms with Crippen LogP contribution < -0.4 is 0 Å². The van der Waals surface area contributed by atoms with Gasteiger partial charge in [-0.1, -0.05) is 23.7 Å². The third kappa shape index (κ3) is 3.81. The van der Waals surface area contributed by atoms with Crippen molar-refractivity contribution in [1.29, 1.82) is 0 Å². The molecule has 0 unspecified atom stereocenters. The molecule has 0 spiro atoms. The lowest BCUT2D eigenvalue weighted by Gasteiger charge is -2.33. The Morgan fingerprint density at radius 2 is 1.78 bits per heavy atom. The molecule has 3 aromatic heterocycles. The van der Waals surface area contributed by atoms with Crippen LogP contribution in [0.5, 0.6) is 0 Å². The fourth-order valence-electron chi connectivity index (χ4n) is 3.79. The van der Waals surface area contributed by atoms with Gasteiger partial charge in [0.05, 0.1) is 4.88 Å². The Bertz CT molecular complexity index is 1390. The Balaban J connectivity index is 1.28. The number of halogens is 1. The van der Waals surface area contributed by atoms with Gasteiger partial charge in [0.15, 0.2) is 0 Å². The number of carbonyl (C=O) groups excluding carboxylic acids is 1. The molecule has 0 atom stereocenters. The van der Waals surface area contributed by atoms with Gasteiger partial charge in [-0.15, -0.1) is 11.3 Å². The van der Waals surface area contributed by atoms with Gasteiger partial charge in [0, 0.05) is 53.9 Å². The number of rotatable bonds is 4. The number of hydrogen-bond donors (Lipinski definition) is 1. The number of sulfonamides is 1. The van der Waals surface area contributed by atoms with Crippen molar-refractivity contribution in [1.82, 2.24) is 19.2 Å². The Morgan fingerprint density at radius 3 is 2.53 bits per heavy atom. The molecule has 1 fully saturated rings. The summed E-state index contributed by atoms with van der Waals surface area (Å²) in [5, 5.41) is 1.23. The van der Waals surface area contributed by atoms with Gasteiger partial charge < -0.3 is 9.88 Å². The van der Waals surface area contributed by atoms with Gasteiger partial charge in [0.25, 0.3) is 5.91 Å². The molecule has 1 saturated heterocycles. The number of amides is 1. The normalized spacial score (nSPS) is 15.3. The molecular formula is C22H19ClN4O3S2. The summed E-state index contributed by atoms with van der Waals surface area (Å²) in [4.78, 5) is 23.6. The van der Waals surface area contributed by atoms with E-state index < -0.39 is 10.0 Å². The van der Waals surface area contributed by atoms with Crippen LogP contribution in [0.4, 0.5) is 0 Å².